The number of methoxy groups -OCH3 is 1. The molecule has 0 fully saturated rings. The van der Waals surface area contributed by atoms with Crippen LogP contribution in [0.15, 0.2) is 47.3 Å². The van der Waals surface area contributed by atoms with Crippen LogP contribution >= 0.6 is 0 Å². The van der Waals surface area contributed by atoms with Crippen molar-refractivity contribution < 1.29 is 9.53 Å². The molecule has 6 heteroatoms. The van der Waals surface area contributed by atoms with Gasteiger partial charge >= 0.3 is 5.69 Å². The van der Waals surface area contributed by atoms with Gasteiger partial charge in [0, 0.05) is 20.6 Å². The lowest BCUT2D eigenvalue weighted by Crippen LogP contribution is -2.24. The predicted molar refractivity (Wildman–Crippen MR) is 96.7 cm³/mol. The quantitative estimate of drug-likeness (QED) is 0.770. The van der Waals surface area contributed by atoms with Crippen molar-refractivity contribution in [1.82, 2.24) is 14.5 Å². The van der Waals surface area contributed by atoms with Gasteiger partial charge in [-0.25, -0.2) is 4.79 Å². The van der Waals surface area contributed by atoms with E-state index in [0.717, 1.165) is 27.9 Å². The Morgan fingerprint density at radius 1 is 1.00 bits per heavy atom. The first kappa shape index (κ1) is 16.8. The second-order valence-electron chi connectivity index (χ2n) is 6.03. The average molecular weight is 339 g/mol. The first-order valence-electron chi connectivity index (χ1n) is 8.03. The smallest absolute Gasteiger partial charge is 0.328 e. The molecule has 1 aromatic heterocycles. The minimum Gasteiger partial charge on any atom is -0.497 e. The Hall–Kier alpha value is -3.02. The maximum absolute atomic E-state index is 12.2. The maximum Gasteiger partial charge on any atom is 0.328 e. The Labute approximate surface area is 145 Å². The van der Waals surface area contributed by atoms with E-state index < -0.39 is 0 Å². The third-order valence-corrected chi connectivity index (χ3v) is 4.35. The van der Waals surface area contributed by atoms with Crippen LogP contribution < -0.4 is 15.7 Å². The fourth-order valence-electron chi connectivity index (χ4n) is 2.85. The molecule has 0 bridgehead atoms. The summed E-state index contributed by atoms with van der Waals surface area (Å²) < 4.78 is 8.31. The summed E-state index contributed by atoms with van der Waals surface area (Å²) in [4.78, 5) is 24.2. The van der Waals surface area contributed by atoms with Crippen LogP contribution in [0.4, 0.5) is 0 Å². The minimum atomic E-state index is -0.0730. The highest BCUT2D eigenvalue weighted by Crippen LogP contribution is 2.15. The van der Waals surface area contributed by atoms with Gasteiger partial charge in [-0.05, 0) is 35.4 Å². The number of hydrogen-bond donors (Lipinski definition) is 1. The lowest BCUT2D eigenvalue weighted by molar-refractivity contribution is -0.120. The molecule has 1 amide bonds. The number of imidazole rings is 1. The van der Waals surface area contributed by atoms with Gasteiger partial charge in [-0.3, -0.25) is 13.9 Å². The van der Waals surface area contributed by atoms with Crippen LogP contribution in [0.2, 0.25) is 0 Å². The van der Waals surface area contributed by atoms with Gasteiger partial charge in [-0.15, -0.1) is 0 Å². The molecule has 0 saturated heterocycles. The van der Waals surface area contributed by atoms with Gasteiger partial charge in [0.15, 0.2) is 0 Å². The summed E-state index contributed by atoms with van der Waals surface area (Å²) in [7, 11) is 5.10. The molecule has 0 aliphatic carbocycles. The van der Waals surface area contributed by atoms with Crippen molar-refractivity contribution in [2.24, 2.45) is 14.1 Å². The van der Waals surface area contributed by atoms with E-state index >= 15 is 0 Å². The van der Waals surface area contributed by atoms with Crippen molar-refractivity contribution in [2.75, 3.05) is 7.11 Å². The summed E-state index contributed by atoms with van der Waals surface area (Å²) in [5.41, 5.74) is 3.50. The van der Waals surface area contributed by atoms with E-state index in [2.05, 4.69) is 5.32 Å². The number of nitrogens with zero attached hydrogens (tertiary/aromatic N) is 2. The van der Waals surface area contributed by atoms with E-state index in [9.17, 15) is 9.59 Å². The molecular formula is C19H21N3O3. The number of rotatable bonds is 5. The summed E-state index contributed by atoms with van der Waals surface area (Å²) in [6, 6.07) is 13.2. The first-order valence-corrected chi connectivity index (χ1v) is 8.03. The second-order valence-corrected chi connectivity index (χ2v) is 6.03. The Morgan fingerprint density at radius 3 is 2.32 bits per heavy atom. The molecule has 1 N–H and O–H groups in total. The third-order valence-electron chi connectivity index (χ3n) is 4.35. The van der Waals surface area contributed by atoms with Crippen LogP contribution in [0.1, 0.15) is 11.1 Å². The number of nitrogens with one attached hydrogen (secondary N) is 1. The summed E-state index contributed by atoms with van der Waals surface area (Å²) in [6.45, 7) is 0.467. The van der Waals surface area contributed by atoms with Crippen LogP contribution in [0.3, 0.4) is 0 Å². The molecule has 0 spiro atoms. The van der Waals surface area contributed by atoms with Crippen LogP contribution in [0, 0.1) is 0 Å². The Balaban J connectivity index is 1.67. The normalized spacial score (nSPS) is 10.8. The molecule has 25 heavy (non-hydrogen) atoms. The zero-order valence-electron chi connectivity index (χ0n) is 14.6. The third kappa shape index (κ3) is 3.42. The Kier molecular flexibility index (Phi) is 4.61. The van der Waals surface area contributed by atoms with Crippen LogP contribution in [0.5, 0.6) is 5.75 Å². The molecule has 6 nitrogen and oxygen atoms in total. The van der Waals surface area contributed by atoms with Crippen LogP contribution in [-0.2, 0) is 31.9 Å². The maximum atomic E-state index is 12.2. The molecule has 0 atom stereocenters. The van der Waals surface area contributed by atoms with Gasteiger partial charge < -0.3 is 10.1 Å². The number of hydrogen-bond acceptors (Lipinski definition) is 3. The zero-order chi connectivity index (χ0) is 18.0. The fraction of sp³-hybridized carbons (Fsp3) is 0.263. The lowest BCUT2D eigenvalue weighted by Gasteiger charge is -2.07. The number of carbonyl (C=O) groups excluding carboxylic acids is 1. The van der Waals surface area contributed by atoms with E-state index in [1.54, 1.807) is 30.3 Å². The van der Waals surface area contributed by atoms with E-state index in [4.69, 9.17) is 4.74 Å². The molecule has 0 radical (unpaired) electrons. The molecule has 0 unspecified atom stereocenters. The molecule has 0 saturated carbocycles. The largest absolute Gasteiger partial charge is 0.497 e. The van der Waals surface area contributed by atoms with Crippen molar-refractivity contribution in [1.29, 1.82) is 0 Å². The number of aryl methyl sites for hydroxylation is 2. The van der Waals surface area contributed by atoms with Crippen molar-refractivity contribution in [3.63, 3.8) is 0 Å². The molecule has 1 heterocycles. The highest BCUT2D eigenvalue weighted by molar-refractivity contribution is 5.82. The second kappa shape index (κ2) is 6.84. The van der Waals surface area contributed by atoms with Crippen LogP contribution in [-0.4, -0.2) is 22.2 Å². The highest BCUT2D eigenvalue weighted by atomic mass is 16.5. The molecule has 0 aliphatic rings. The lowest BCUT2D eigenvalue weighted by atomic mass is 10.1. The zero-order valence-corrected chi connectivity index (χ0v) is 14.6. The monoisotopic (exact) mass is 339 g/mol. The summed E-state index contributed by atoms with van der Waals surface area (Å²) in [6.07, 6.45) is 0.273. The summed E-state index contributed by atoms with van der Waals surface area (Å²) >= 11 is 0. The van der Waals surface area contributed by atoms with Crippen molar-refractivity contribution in [3.8, 4) is 5.75 Å². The first-order chi connectivity index (χ1) is 12.0. The van der Waals surface area contributed by atoms with Gasteiger partial charge in [0.05, 0.1) is 24.6 Å². The molecular weight excluding hydrogens is 318 g/mol. The number of ether oxygens (including phenoxy) is 1. The summed E-state index contributed by atoms with van der Waals surface area (Å²) in [5.74, 6) is 0.730. The SMILES string of the molecule is COc1ccc(CNC(=O)Cc2ccc3c(c2)n(C)c(=O)n3C)cc1. The van der Waals surface area contributed by atoms with Gasteiger partial charge in [-0.2, -0.15) is 0 Å². The van der Waals surface area contributed by atoms with Crippen LogP contribution in [0.25, 0.3) is 11.0 Å². The highest BCUT2D eigenvalue weighted by Gasteiger charge is 2.10. The number of carbonyl (C=O) groups is 1. The van der Waals surface area contributed by atoms with E-state index in [1.807, 2.05) is 42.5 Å². The molecule has 3 rings (SSSR count). The molecule has 130 valence electrons. The number of benzene rings is 2. The molecule has 2 aromatic carbocycles. The van der Waals surface area contributed by atoms with Crippen molar-refractivity contribution in [3.05, 3.63) is 64.1 Å². The average Bonchev–Trinajstić information content (AvgIpc) is 2.84. The van der Waals surface area contributed by atoms with Gasteiger partial charge in [0.2, 0.25) is 5.91 Å². The van der Waals surface area contributed by atoms with E-state index in [0.29, 0.717) is 6.54 Å². The van der Waals surface area contributed by atoms with E-state index in [1.165, 1.54) is 0 Å². The van der Waals surface area contributed by atoms with Crippen molar-refractivity contribution in [2.45, 2.75) is 13.0 Å². The predicted octanol–water partition coefficient (Wildman–Crippen LogP) is 1.74. The number of fused-ring (bicyclic) bond motifs is 1. The summed E-state index contributed by atoms with van der Waals surface area (Å²) in [5, 5.41) is 2.91. The Bertz CT molecular complexity index is 968. The number of amides is 1. The molecule has 3 aromatic rings. The van der Waals surface area contributed by atoms with Gasteiger partial charge in [-0.1, -0.05) is 18.2 Å². The number of aromatic nitrogens is 2. The van der Waals surface area contributed by atoms with Gasteiger partial charge in [0.1, 0.15) is 5.75 Å². The molecule has 0 aliphatic heterocycles. The van der Waals surface area contributed by atoms with E-state index in [-0.39, 0.29) is 18.0 Å². The topological polar surface area (TPSA) is 65.3 Å². The minimum absolute atomic E-state index is 0.0592. The fourth-order valence-corrected chi connectivity index (χ4v) is 2.85. The van der Waals surface area contributed by atoms with Crippen molar-refractivity contribution >= 4 is 16.9 Å². The standard InChI is InChI=1S/C19H21N3O3/c1-21-16-9-6-14(10-17(16)22(2)19(21)24)11-18(23)20-12-13-4-7-15(25-3)8-5-13/h4-10H,11-12H2,1-3H3,(H,20,23). The van der Waals surface area contributed by atoms with Gasteiger partial charge in [0.25, 0.3) is 0 Å². The Morgan fingerprint density at radius 2 is 1.64 bits per heavy atom.